The lowest BCUT2D eigenvalue weighted by molar-refractivity contribution is 0.827. The van der Waals surface area contributed by atoms with Crippen LogP contribution in [0.2, 0.25) is 19.6 Å². The maximum Gasteiger partial charge on any atom is 0.129 e. The average molecular weight is 291 g/mol. The number of benzene rings is 2. The second-order valence-corrected chi connectivity index (χ2v) is 11.2. The van der Waals surface area contributed by atoms with Crippen LogP contribution in [0.5, 0.6) is 0 Å². The topological polar surface area (TPSA) is 4.93 Å². The highest BCUT2D eigenvalue weighted by molar-refractivity contribution is 6.83. The first-order valence-electron chi connectivity index (χ1n) is 7.54. The van der Waals surface area contributed by atoms with E-state index in [1.165, 1.54) is 21.8 Å². The van der Waals surface area contributed by atoms with Crippen LogP contribution in [0.15, 0.2) is 42.5 Å². The average Bonchev–Trinajstić information content (AvgIpc) is 2.77. The van der Waals surface area contributed by atoms with E-state index in [4.69, 9.17) is 0 Å². The van der Waals surface area contributed by atoms with Crippen LogP contribution in [0.4, 0.5) is 0 Å². The molecule has 0 bridgehead atoms. The van der Waals surface area contributed by atoms with Crippen LogP contribution in [-0.4, -0.2) is 12.6 Å². The molecule has 3 aromatic rings. The van der Waals surface area contributed by atoms with Gasteiger partial charge in [-0.1, -0.05) is 49.8 Å². The summed E-state index contributed by atoms with van der Waals surface area (Å²) in [6.45, 7) is 10.0. The molecule has 0 radical (unpaired) electrons. The smallest absolute Gasteiger partial charge is 0.129 e. The molecule has 0 unspecified atom stereocenters. The van der Waals surface area contributed by atoms with E-state index >= 15 is 0 Å². The zero-order chi connectivity index (χ0) is 15.0. The van der Waals surface area contributed by atoms with Gasteiger partial charge in [0.2, 0.25) is 0 Å². The molecule has 1 heterocycles. The number of rotatable bonds is 1. The molecule has 0 saturated heterocycles. The molecule has 2 heteroatoms. The lowest BCUT2D eigenvalue weighted by Gasteiger charge is -2.04. The number of aromatic nitrogens is 1. The van der Waals surface area contributed by atoms with Gasteiger partial charge in [-0.2, -0.15) is 0 Å². The summed E-state index contributed by atoms with van der Waals surface area (Å²) in [4.78, 5) is 0. The van der Waals surface area contributed by atoms with E-state index in [9.17, 15) is 0 Å². The summed E-state index contributed by atoms with van der Waals surface area (Å²) in [7, 11) is -1.33. The van der Waals surface area contributed by atoms with Crippen molar-refractivity contribution in [2.24, 2.45) is 0 Å². The molecule has 0 aliphatic rings. The third-order valence-corrected chi connectivity index (χ3v) is 4.55. The van der Waals surface area contributed by atoms with Crippen molar-refractivity contribution in [3.63, 3.8) is 0 Å². The van der Waals surface area contributed by atoms with Crippen LogP contribution in [0.3, 0.4) is 0 Å². The standard InChI is InChI=1S/C19H21NSi/c1-5-20-18-9-7-6-8-16(18)17-11-10-15(14-19(17)20)12-13-21(2,3)4/h6-11,14H,5H2,1-4H3. The third kappa shape index (κ3) is 2.62. The van der Waals surface area contributed by atoms with Crippen molar-refractivity contribution in [1.82, 2.24) is 4.57 Å². The van der Waals surface area contributed by atoms with E-state index < -0.39 is 8.07 Å². The Bertz CT molecular complexity index is 869. The quantitative estimate of drug-likeness (QED) is 0.437. The third-order valence-electron chi connectivity index (χ3n) is 3.67. The Hall–Kier alpha value is -1.98. The summed E-state index contributed by atoms with van der Waals surface area (Å²) in [5, 5.41) is 2.66. The molecular formula is C19H21NSi. The fourth-order valence-corrected chi connectivity index (χ4v) is 3.25. The Labute approximate surface area is 127 Å². The summed E-state index contributed by atoms with van der Waals surface area (Å²) < 4.78 is 2.38. The van der Waals surface area contributed by atoms with E-state index in [0.717, 1.165) is 12.1 Å². The second-order valence-electron chi connectivity index (χ2n) is 6.49. The second kappa shape index (κ2) is 5.09. The van der Waals surface area contributed by atoms with Crippen molar-refractivity contribution >= 4 is 29.9 Å². The summed E-state index contributed by atoms with van der Waals surface area (Å²) in [5.41, 5.74) is 7.18. The summed E-state index contributed by atoms with van der Waals surface area (Å²) in [6, 6.07) is 15.2. The number of fused-ring (bicyclic) bond motifs is 3. The summed E-state index contributed by atoms with van der Waals surface area (Å²) in [6.07, 6.45) is 0. The van der Waals surface area contributed by atoms with Crippen LogP contribution in [0, 0.1) is 11.5 Å². The largest absolute Gasteiger partial charge is 0.341 e. The van der Waals surface area contributed by atoms with Gasteiger partial charge in [-0.25, -0.2) is 0 Å². The molecule has 0 saturated carbocycles. The molecule has 1 nitrogen and oxygen atoms in total. The van der Waals surface area contributed by atoms with Gasteiger partial charge in [0, 0.05) is 28.4 Å². The minimum absolute atomic E-state index is 0.981. The van der Waals surface area contributed by atoms with Crippen molar-refractivity contribution in [2.75, 3.05) is 0 Å². The number of hydrogen-bond donors (Lipinski definition) is 0. The predicted molar refractivity (Wildman–Crippen MR) is 95.3 cm³/mol. The van der Waals surface area contributed by atoms with Gasteiger partial charge >= 0.3 is 0 Å². The van der Waals surface area contributed by atoms with E-state index in [1.54, 1.807) is 0 Å². The van der Waals surface area contributed by atoms with Crippen molar-refractivity contribution in [3.8, 4) is 11.5 Å². The van der Waals surface area contributed by atoms with E-state index in [1.807, 2.05) is 0 Å². The van der Waals surface area contributed by atoms with Gasteiger partial charge in [-0.15, -0.1) is 5.54 Å². The van der Waals surface area contributed by atoms with Crippen LogP contribution in [-0.2, 0) is 6.54 Å². The highest BCUT2D eigenvalue weighted by atomic mass is 28.3. The first-order valence-corrected chi connectivity index (χ1v) is 11.0. The van der Waals surface area contributed by atoms with Gasteiger partial charge in [0.1, 0.15) is 8.07 Å². The number of para-hydroxylation sites is 1. The van der Waals surface area contributed by atoms with E-state index in [2.05, 4.69) is 85.1 Å². The molecule has 106 valence electrons. The zero-order valence-corrected chi connectivity index (χ0v) is 14.2. The maximum absolute atomic E-state index is 3.45. The number of nitrogens with zero attached hydrogens (tertiary/aromatic N) is 1. The fourth-order valence-electron chi connectivity index (χ4n) is 2.73. The first kappa shape index (κ1) is 14.0. The minimum atomic E-state index is -1.33. The molecule has 0 spiro atoms. The van der Waals surface area contributed by atoms with Gasteiger partial charge < -0.3 is 4.57 Å². The van der Waals surface area contributed by atoms with Gasteiger partial charge in [0.05, 0.1) is 5.52 Å². The Morgan fingerprint density at radius 2 is 1.67 bits per heavy atom. The van der Waals surface area contributed by atoms with Crippen molar-refractivity contribution < 1.29 is 0 Å². The first-order chi connectivity index (χ1) is 9.99. The van der Waals surface area contributed by atoms with Gasteiger partial charge in [-0.3, -0.25) is 0 Å². The van der Waals surface area contributed by atoms with E-state index in [0.29, 0.717) is 0 Å². The molecule has 0 atom stereocenters. The molecule has 0 aliphatic heterocycles. The van der Waals surface area contributed by atoms with Crippen LogP contribution in [0.25, 0.3) is 21.8 Å². The van der Waals surface area contributed by atoms with Gasteiger partial charge in [0.25, 0.3) is 0 Å². The highest BCUT2D eigenvalue weighted by Gasteiger charge is 2.10. The Kier molecular flexibility index (Phi) is 3.39. The van der Waals surface area contributed by atoms with Gasteiger partial charge in [-0.05, 0) is 25.1 Å². The molecule has 0 fully saturated rings. The molecule has 0 amide bonds. The molecule has 2 aromatic carbocycles. The highest BCUT2D eigenvalue weighted by Crippen LogP contribution is 2.29. The van der Waals surface area contributed by atoms with Crippen molar-refractivity contribution in [1.29, 1.82) is 0 Å². The molecule has 21 heavy (non-hydrogen) atoms. The molecule has 3 rings (SSSR count). The molecule has 0 N–H and O–H groups in total. The van der Waals surface area contributed by atoms with Crippen molar-refractivity contribution in [3.05, 3.63) is 48.0 Å². The summed E-state index contributed by atoms with van der Waals surface area (Å²) >= 11 is 0. The van der Waals surface area contributed by atoms with E-state index in [-0.39, 0.29) is 0 Å². The number of hydrogen-bond acceptors (Lipinski definition) is 0. The maximum atomic E-state index is 3.45. The van der Waals surface area contributed by atoms with Gasteiger partial charge in [0.15, 0.2) is 0 Å². The van der Waals surface area contributed by atoms with Crippen LogP contribution in [0.1, 0.15) is 12.5 Å². The molecule has 0 aliphatic carbocycles. The Balaban J connectivity index is 2.26. The SMILES string of the molecule is CCn1c2ccccc2c2ccc(C#C[Si](C)(C)C)cc21. The predicted octanol–water partition coefficient (Wildman–Crippen LogP) is 5.04. The lowest BCUT2D eigenvalue weighted by Crippen LogP contribution is -2.16. The minimum Gasteiger partial charge on any atom is -0.341 e. The number of aryl methyl sites for hydroxylation is 1. The van der Waals surface area contributed by atoms with Crippen molar-refractivity contribution in [2.45, 2.75) is 33.1 Å². The molecule has 1 aromatic heterocycles. The van der Waals surface area contributed by atoms with Crippen LogP contribution >= 0.6 is 0 Å². The lowest BCUT2D eigenvalue weighted by atomic mass is 10.1. The zero-order valence-electron chi connectivity index (χ0n) is 13.2. The Morgan fingerprint density at radius 1 is 0.952 bits per heavy atom. The summed E-state index contributed by atoms with van der Waals surface area (Å²) in [5.74, 6) is 3.37. The van der Waals surface area contributed by atoms with Crippen LogP contribution < -0.4 is 0 Å². The molecular weight excluding hydrogens is 270 g/mol. The fraction of sp³-hybridized carbons (Fsp3) is 0.263. The Morgan fingerprint density at radius 3 is 2.38 bits per heavy atom. The normalized spacial score (nSPS) is 11.6. The monoisotopic (exact) mass is 291 g/mol.